The molecular weight excluding hydrogens is 448 g/mol. The predicted molar refractivity (Wildman–Crippen MR) is 129 cm³/mol. The molecule has 0 radical (unpaired) electrons. The zero-order chi connectivity index (χ0) is 21.2. The number of hydrogen-bond donors (Lipinski definition) is 1. The lowest BCUT2D eigenvalue weighted by atomic mass is 9.65. The predicted octanol–water partition coefficient (Wildman–Crippen LogP) is 6.09. The Morgan fingerprint density at radius 2 is 1.97 bits per heavy atom. The molecule has 158 valence electrons. The first-order valence-electron chi connectivity index (χ1n) is 11.4. The van der Waals surface area contributed by atoms with Gasteiger partial charge in [-0.2, -0.15) is 0 Å². The molecular formula is C27H27BrN2O. The Morgan fingerprint density at radius 3 is 2.81 bits per heavy atom. The van der Waals surface area contributed by atoms with Crippen LogP contribution in [0.2, 0.25) is 0 Å². The van der Waals surface area contributed by atoms with E-state index in [2.05, 4.69) is 69.1 Å². The summed E-state index contributed by atoms with van der Waals surface area (Å²) in [4.78, 5) is 19.5. The highest BCUT2D eigenvalue weighted by Crippen LogP contribution is 2.50. The van der Waals surface area contributed by atoms with Crippen molar-refractivity contribution in [1.29, 1.82) is 0 Å². The molecule has 1 saturated carbocycles. The van der Waals surface area contributed by atoms with E-state index in [0.717, 1.165) is 48.0 Å². The zero-order valence-electron chi connectivity index (χ0n) is 17.8. The van der Waals surface area contributed by atoms with Crippen molar-refractivity contribution in [2.45, 2.75) is 38.1 Å². The van der Waals surface area contributed by atoms with Gasteiger partial charge in [0, 0.05) is 40.6 Å². The van der Waals surface area contributed by atoms with Gasteiger partial charge in [0.25, 0.3) is 0 Å². The van der Waals surface area contributed by atoms with E-state index < -0.39 is 0 Å². The number of piperidine rings is 1. The normalized spacial score (nSPS) is 29.6. The first kappa shape index (κ1) is 19.5. The second-order valence-electron chi connectivity index (χ2n) is 9.77. The van der Waals surface area contributed by atoms with Crippen LogP contribution in [0.4, 0.5) is 0 Å². The highest BCUT2D eigenvalue weighted by atomic mass is 79.9. The number of aromatic nitrogens is 1. The van der Waals surface area contributed by atoms with Crippen molar-refractivity contribution in [1.82, 2.24) is 9.88 Å². The quantitative estimate of drug-likeness (QED) is 0.433. The summed E-state index contributed by atoms with van der Waals surface area (Å²) in [6.45, 7) is 4.57. The molecule has 1 aliphatic carbocycles. The molecule has 3 aromatic rings. The first-order valence-corrected chi connectivity index (χ1v) is 12.1. The fourth-order valence-corrected chi connectivity index (χ4v) is 6.71. The van der Waals surface area contributed by atoms with Gasteiger partial charge in [0.15, 0.2) is 5.78 Å². The average Bonchev–Trinajstić information content (AvgIpc) is 3.13. The van der Waals surface area contributed by atoms with Gasteiger partial charge in [-0.15, -0.1) is 0 Å². The number of nitrogens with one attached hydrogen (secondary N) is 1. The summed E-state index contributed by atoms with van der Waals surface area (Å²) in [5, 5.41) is 1.35. The summed E-state index contributed by atoms with van der Waals surface area (Å²) in [6.07, 6.45) is 5.87. The Balaban J connectivity index is 1.33. The van der Waals surface area contributed by atoms with Crippen LogP contribution in [0.15, 0.2) is 58.6 Å². The molecule has 0 amide bonds. The smallest absolute Gasteiger partial charge is 0.159 e. The zero-order valence-corrected chi connectivity index (χ0v) is 19.4. The summed E-state index contributed by atoms with van der Waals surface area (Å²) >= 11 is 3.64. The van der Waals surface area contributed by atoms with Crippen LogP contribution in [-0.4, -0.2) is 28.8 Å². The number of benzene rings is 2. The maximum absolute atomic E-state index is 13.0. The van der Waals surface area contributed by atoms with Crippen molar-refractivity contribution in [2.75, 3.05) is 13.1 Å². The van der Waals surface area contributed by atoms with Gasteiger partial charge in [0.1, 0.15) is 0 Å². The third-order valence-electron chi connectivity index (χ3n) is 7.95. The molecule has 31 heavy (non-hydrogen) atoms. The molecule has 1 N–H and O–H groups in total. The topological polar surface area (TPSA) is 36.1 Å². The van der Waals surface area contributed by atoms with E-state index in [1.54, 1.807) is 0 Å². The van der Waals surface area contributed by atoms with Gasteiger partial charge in [-0.3, -0.25) is 9.69 Å². The number of ketones is 1. The molecule has 0 spiro atoms. The van der Waals surface area contributed by atoms with Crippen LogP contribution < -0.4 is 0 Å². The number of carbonyl (C=O) groups excluding carboxylic acids is 1. The molecule has 4 heteroatoms. The van der Waals surface area contributed by atoms with Crippen molar-refractivity contribution in [3.05, 3.63) is 75.4 Å². The standard InChI is InChI=1S/C27H27BrN2O/c1-27-15-19-13-25(31)18(11-17-5-3-2-4-6-17)12-20(19)16-30(27)10-9-22-23-14-21(28)7-8-24(23)29-26(22)27/h2-8,11,14,19-20,29H,9-10,12-13,15-16H2,1H3/t19?,20?,27-/m0/s1. The third kappa shape index (κ3) is 3.15. The lowest BCUT2D eigenvalue weighted by Crippen LogP contribution is -2.57. The van der Waals surface area contributed by atoms with Crippen molar-refractivity contribution >= 4 is 38.7 Å². The number of allylic oxidation sites excluding steroid dienone is 1. The number of halogens is 1. The SMILES string of the molecule is C[C@@]12CC3CC(=O)C(=Cc4ccccc4)CC3CN1CCc1c2[nH]c2ccc(Br)cc12. The van der Waals surface area contributed by atoms with E-state index in [4.69, 9.17) is 0 Å². The number of carbonyl (C=O) groups is 1. The average molecular weight is 475 g/mol. The van der Waals surface area contributed by atoms with Crippen LogP contribution in [0.25, 0.3) is 17.0 Å². The Kier molecular flexibility index (Phi) is 4.52. The minimum absolute atomic E-state index is 0.0127. The van der Waals surface area contributed by atoms with Gasteiger partial charge >= 0.3 is 0 Å². The molecule has 2 aromatic carbocycles. The number of aromatic amines is 1. The van der Waals surface area contributed by atoms with E-state index in [1.807, 2.05) is 18.2 Å². The Morgan fingerprint density at radius 1 is 1.13 bits per heavy atom. The van der Waals surface area contributed by atoms with Crippen LogP contribution >= 0.6 is 15.9 Å². The number of rotatable bonds is 1. The number of fused-ring (bicyclic) bond motifs is 6. The monoisotopic (exact) mass is 474 g/mol. The van der Waals surface area contributed by atoms with Crippen molar-refractivity contribution in [2.24, 2.45) is 11.8 Å². The Hall–Kier alpha value is -2.17. The fraction of sp³-hybridized carbons (Fsp3) is 0.370. The van der Waals surface area contributed by atoms with E-state index in [-0.39, 0.29) is 5.54 Å². The summed E-state index contributed by atoms with van der Waals surface area (Å²) in [5.41, 5.74) is 6.22. The molecule has 1 aromatic heterocycles. The Labute approximate surface area is 191 Å². The highest BCUT2D eigenvalue weighted by Gasteiger charge is 2.49. The number of nitrogens with zero attached hydrogens (tertiary/aromatic N) is 1. The summed E-state index contributed by atoms with van der Waals surface area (Å²) in [6, 6.07) is 16.8. The number of H-pyrrole nitrogens is 1. The van der Waals surface area contributed by atoms with Gasteiger partial charge in [-0.1, -0.05) is 46.3 Å². The van der Waals surface area contributed by atoms with E-state index in [1.165, 1.54) is 22.2 Å². The first-order chi connectivity index (χ1) is 15.0. The Bertz CT molecular complexity index is 1210. The highest BCUT2D eigenvalue weighted by molar-refractivity contribution is 9.10. The van der Waals surface area contributed by atoms with Crippen LogP contribution in [-0.2, 0) is 16.8 Å². The van der Waals surface area contributed by atoms with E-state index in [9.17, 15) is 4.79 Å². The molecule has 3 nitrogen and oxygen atoms in total. The van der Waals surface area contributed by atoms with E-state index in [0.29, 0.717) is 24.0 Å². The van der Waals surface area contributed by atoms with Gasteiger partial charge < -0.3 is 4.98 Å². The summed E-state index contributed by atoms with van der Waals surface area (Å²) in [5.74, 6) is 1.38. The second kappa shape index (κ2) is 7.18. The van der Waals surface area contributed by atoms with Gasteiger partial charge in [-0.25, -0.2) is 0 Å². The molecule has 2 aliphatic heterocycles. The van der Waals surface area contributed by atoms with Gasteiger partial charge in [-0.05, 0) is 79.0 Å². The van der Waals surface area contributed by atoms with Crippen molar-refractivity contribution in [3.8, 4) is 0 Å². The van der Waals surface area contributed by atoms with Crippen LogP contribution in [0.3, 0.4) is 0 Å². The molecule has 3 heterocycles. The molecule has 3 atom stereocenters. The summed E-state index contributed by atoms with van der Waals surface area (Å²) in [7, 11) is 0. The van der Waals surface area contributed by atoms with E-state index >= 15 is 0 Å². The van der Waals surface area contributed by atoms with Crippen molar-refractivity contribution in [3.63, 3.8) is 0 Å². The molecule has 6 rings (SSSR count). The molecule has 1 saturated heterocycles. The maximum Gasteiger partial charge on any atom is 0.159 e. The number of hydrogen-bond acceptors (Lipinski definition) is 2. The van der Waals surface area contributed by atoms with Crippen LogP contribution in [0.1, 0.15) is 43.0 Å². The molecule has 3 aliphatic rings. The lowest BCUT2D eigenvalue weighted by Gasteiger charge is -2.54. The molecule has 2 fully saturated rings. The third-order valence-corrected chi connectivity index (χ3v) is 8.44. The van der Waals surface area contributed by atoms with Crippen LogP contribution in [0.5, 0.6) is 0 Å². The minimum atomic E-state index is -0.0127. The summed E-state index contributed by atoms with van der Waals surface area (Å²) < 4.78 is 1.13. The second-order valence-corrected chi connectivity index (χ2v) is 10.7. The van der Waals surface area contributed by atoms with Gasteiger partial charge in [0.2, 0.25) is 0 Å². The van der Waals surface area contributed by atoms with Crippen molar-refractivity contribution < 1.29 is 4.79 Å². The molecule has 2 unspecified atom stereocenters. The minimum Gasteiger partial charge on any atom is -0.357 e. The lowest BCUT2D eigenvalue weighted by molar-refractivity contribution is -0.121. The molecule has 0 bridgehead atoms. The van der Waals surface area contributed by atoms with Gasteiger partial charge in [0.05, 0.1) is 5.54 Å². The van der Waals surface area contributed by atoms with Crippen LogP contribution in [0, 0.1) is 11.8 Å². The number of Topliss-reactive ketones (excluding diaryl/α,β-unsaturated/α-hetero) is 1. The maximum atomic E-state index is 13.0. The largest absolute Gasteiger partial charge is 0.357 e. The fourth-order valence-electron chi connectivity index (χ4n) is 6.35.